The van der Waals surface area contributed by atoms with E-state index in [4.69, 9.17) is 11.6 Å². The Labute approximate surface area is 75.3 Å². The van der Waals surface area contributed by atoms with Crippen LogP contribution in [-0.2, 0) is 0 Å². The third-order valence-corrected chi connectivity index (χ3v) is 1.59. The Morgan fingerprint density at radius 1 is 1.08 bits per heavy atom. The van der Waals surface area contributed by atoms with Crippen LogP contribution in [0.1, 0.15) is 19.3 Å². The standard InChI is InChI=1S/C7H13ClF3N/c8-4-1-2-5-12-6-3-7(9,10)11/h12H,1-6H2. The molecule has 0 aromatic carbocycles. The first-order valence-corrected chi connectivity index (χ1v) is 4.43. The number of hydrogen-bond donors (Lipinski definition) is 1. The maximum absolute atomic E-state index is 11.6. The van der Waals surface area contributed by atoms with Crippen molar-refractivity contribution in [2.75, 3.05) is 19.0 Å². The van der Waals surface area contributed by atoms with Crippen molar-refractivity contribution >= 4 is 11.6 Å². The van der Waals surface area contributed by atoms with Crippen LogP contribution < -0.4 is 5.32 Å². The molecule has 0 aliphatic heterocycles. The summed E-state index contributed by atoms with van der Waals surface area (Å²) < 4.78 is 34.7. The van der Waals surface area contributed by atoms with Gasteiger partial charge in [-0.05, 0) is 19.4 Å². The normalized spacial score (nSPS) is 12.0. The van der Waals surface area contributed by atoms with Gasteiger partial charge in [0.15, 0.2) is 0 Å². The van der Waals surface area contributed by atoms with E-state index in [1.807, 2.05) is 0 Å². The molecule has 1 nitrogen and oxygen atoms in total. The lowest BCUT2D eigenvalue weighted by molar-refractivity contribution is -0.133. The summed E-state index contributed by atoms with van der Waals surface area (Å²) in [5.41, 5.74) is 0. The summed E-state index contributed by atoms with van der Waals surface area (Å²) in [5, 5.41) is 2.70. The lowest BCUT2D eigenvalue weighted by atomic mass is 10.3. The van der Waals surface area contributed by atoms with Gasteiger partial charge in [0.2, 0.25) is 0 Å². The highest BCUT2D eigenvalue weighted by Gasteiger charge is 2.25. The molecular weight excluding hydrogens is 191 g/mol. The van der Waals surface area contributed by atoms with Gasteiger partial charge in [0.1, 0.15) is 0 Å². The molecule has 74 valence electrons. The van der Waals surface area contributed by atoms with Crippen LogP contribution in [0.4, 0.5) is 13.2 Å². The van der Waals surface area contributed by atoms with Crippen molar-refractivity contribution < 1.29 is 13.2 Å². The van der Waals surface area contributed by atoms with Crippen LogP contribution in [0.15, 0.2) is 0 Å². The van der Waals surface area contributed by atoms with Crippen LogP contribution in [0, 0.1) is 0 Å². The highest BCUT2D eigenvalue weighted by Crippen LogP contribution is 2.17. The Balaban J connectivity index is 3.01. The molecule has 5 heteroatoms. The molecule has 1 N–H and O–H groups in total. The zero-order chi connectivity index (χ0) is 9.45. The van der Waals surface area contributed by atoms with Gasteiger partial charge in [0.05, 0.1) is 6.42 Å². The van der Waals surface area contributed by atoms with Crippen molar-refractivity contribution in [3.63, 3.8) is 0 Å². The van der Waals surface area contributed by atoms with Gasteiger partial charge in [-0.2, -0.15) is 13.2 Å². The predicted molar refractivity (Wildman–Crippen MR) is 43.5 cm³/mol. The Bertz CT molecular complexity index is 105. The van der Waals surface area contributed by atoms with Crippen molar-refractivity contribution in [3.8, 4) is 0 Å². The fourth-order valence-electron chi connectivity index (χ4n) is 0.700. The zero-order valence-electron chi connectivity index (χ0n) is 6.75. The van der Waals surface area contributed by atoms with Gasteiger partial charge in [-0.15, -0.1) is 11.6 Å². The molecule has 0 radical (unpaired) electrons. The minimum atomic E-state index is -4.04. The van der Waals surface area contributed by atoms with Crippen LogP contribution >= 0.6 is 11.6 Å². The third-order valence-electron chi connectivity index (χ3n) is 1.32. The van der Waals surface area contributed by atoms with E-state index in [0.29, 0.717) is 12.4 Å². The minimum absolute atomic E-state index is 0.00574. The lowest BCUT2D eigenvalue weighted by Gasteiger charge is -2.06. The highest BCUT2D eigenvalue weighted by molar-refractivity contribution is 6.17. The SMILES string of the molecule is FC(F)(F)CCNCCCCCl. The van der Waals surface area contributed by atoms with Gasteiger partial charge < -0.3 is 5.32 Å². The van der Waals surface area contributed by atoms with E-state index in [2.05, 4.69) is 5.32 Å². The summed E-state index contributed by atoms with van der Waals surface area (Å²) in [6.45, 7) is 0.620. The van der Waals surface area contributed by atoms with Gasteiger partial charge in [-0.25, -0.2) is 0 Å². The summed E-state index contributed by atoms with van der Waals surface area (Å²) in [6.07, 6.45) is -3.12. The Morgan fingerprint density at radius 3 is 2.25 bits per heavy atom. The Hall–Kier alpha value is 0.0400. The largest absolute Gasteiger partial charge is 0.390 e. The molecule has 0 unspecified atom stereocenters. The first-order valence-electron chi connectivity index (χ1n) is 3.89. The molecule has 0 heterocycles. The van der Waals surface area contributed by atoms with E-state index >= 15 is 0 Å². The van der Waals surface area contributed by atoms with E-state index in [-0.39, 0.29) is 6.54 Å². The zero-order valence-corrected chi connectivity index (χ0v) is 7.51. The maximum atomic E-state index is 11.6. The van der Waals surface area contributed by atoms with E-state index in [9.17, 15) is 13.2 Å². The average Bonchev–Trinajstić information content (AvgIpc) is 1.94. The molecule has 0 bridgehead atoms. The van der Waals surface area contributed by atoms with Crippen molar-refractivity contribution in [3.05, 3.63) is 0 Å². The smallest absolute Gasteiger partial charge is 0.316 e. The van der Waals surface area contributed by atoms with E-state index in [0.717, 1.165) is 12.8 Å². The summed E-state index contributed by atoms with van der Waals surface area (Å²) in [6, 6.07) is 0. The second-order valence-corrected chi connectivity index (χ2v) is 2.89. The topological polar surface area (TPSA) is 12.0 Å². The maximum Gasteiger partial charge on any atom is 0.390 e. The van der Waals surface area contributed by atoms with Crippen molar-refractivity contribution in [1.29, 1.82) is 0 Å². The van der Waals surface area contributed by atoms with Crippen LogP contribution in [0.3, 0.4) is 0 Å². The molecule has 0 fully saturated rings. The molecular formula is C7H13ClF3N. The summed E-state index contributed by atoms with van der Waals surface area (Å²) >= 11 is 5.38. The predicted octanol–water partition coefficient (Wildman–Crippen LogP) is 2.55. The van der Waals surface area contributed by atoms with Crippen LogP contribution in [0.25, 0.3) is 0 Å². The first-order chi connectivity index (χ1) is 5.56. The highest BCUT2D eigenvalue weighted by atomic mass is 35.5. The average molecular weight is 204 g/mol. The van der Waals surface area contributed by atoms with Crippen molar-refractivity contribution in [2.24, 2.45) is 0 Å². The number of hydrogen-bond acceptors (Lipinski definition) is 1. The van der Waals surface area contributed by atoms with Crippen LogP contribution in [0.2, 0.25) is 0 Å². The number of nitrogens with one attached hydrogen (secondary N) is 1. The minimum Gasteiger partial charge on any atom is -0.316 e. The lowest BCUT2D eigenvalue weighted by Crippen LogP contribution is -2.22. The van der Waals surface area contributed by atoms with E-state index < -0.39 is 12.6 Å². The van der Waals surface area contributed by atoms with Crippen LogP contribution in [-0.4, -0.2) is 25.1 Å². The molecule has 0 aromatic rings. The molecule has 0 aromatic heterocycles. The van der Waals surface area contributed by atoms with Gasteiger partial charge in [0.25, 0.3) is 0 Å². The molecule has 12 heavy (non-hydrogen) atoms. The second kappa shape index (κ2) is 6.54. The van der Waals surface area contributed by atoms with Gasteiger partial charge >= 0.3 is 6.18 Å². The fourth-order valence-corrected chi connectivity index (χ4v) is 0.889. The second-order valence-electron chi connectivity index (χ2n) is 2.51. The Kier molecular flexibility index (Phi) is 6.57. The molecule has 0 amide bonds. The molecule has 0 rings (SSSR count). The molecule has 0 aliphatic carbocycles. The van der Waals surface area contributed by atoms with E-state index in [1.54, 1.807) is 0 Å². The molecule has 0 saturated carbocycles. The summed E-state index contributed by atoms with van der Waals surface area (Å²) in [4.78, 5) is 0. The number of rotatable bonds is 6. The molecule has 0 spiro atoms. The Morgan fingerprint density at radius 2 is 1.75 bits per heavy atom. The summed E-state index contributed by atoms with van der Waals surface area (Å²) in [5.74, 6) is 0.570. The fraction of sp³-hybridized carbons (Fsp3) is 1.00. The quantitative estimate of drug-likeness (QED) is 0.517. The third kappa shape index (κ3) is 10.0. The number of halogens is 4. The number of alkyl halides is 4. The summed E-state index contributed by atoms with van der Waals surface area (Å²) in [7, 11) is 0. The van der Waals surface area contributed by atoms with Gasteiger partial charge in [0, 0.05) is 12.4 Å². The first kappa shape index (κ1) is 12.0. The van der Waals surface area contributed by atoms with Gasteiger partial charge in [-0.1, -0.05) is 0 Å². The van der Waals surface area contributed by atoms with Crippen molar-refractivity contribution in [1.82, 2.24) is 5.32 Å². The van der Waals surface area contributed by atoms with Crippen molar-refractivity contribution in [2.45, 2.75) is 25.4 Å². The molecule has 0 aliphatic rings. The molecule has 0 atom stereocenters. The van der Waals surface area contributed by atoms with Gasteiger partial charge in [-0.3, -0.25) is 0 Å². The van der Waals surface area contributed by atoms with E-state index in [1.165, 1.54) is 0 Å². The number of unbranched alkanes of at least 4 members (excludes halogenated alkanes) is 1. The molecule has 0 saturated heterocycles. The monoisotopic (exact) mass is 203 g/mol. The van der Waals surface area contributed by atoms with Crippen LogP contribution in [0.5, 0.6) is 0 Å².